The van der Waals surface area contributed by atoms with E-state index in [4.69, 9.17) is 10.2 Å². The smallest absolute Gasteiger partial charge is 0.330 e. The highest BCUT2D eigenvalue weighted by atomic mass is 16.4. The minimum absolute atomic E-state index is 0.256. The van der Waals surface area contributed by atoms with Gasteiger partial charge in [-0.1, -0.05) is 24.0 Å². The molecule has 2 N–H and O–H groups in total. The van der Waals surface area contributed by atoms with E-state index in [1.165, 1.54) is 26.0 Å². The van der Waals surface area contributed by atoms with Gasteiger partial charge in [-0.05, 0) is 13.8 Å². The van der Waals surface area contributed by atoms with Gasteiger partial charge < -0.3 is 10.2 Å². The van der Waals surface area contributed by atoms with Crippen LogP contribution in [0.5, 0.6) is 0 Å². The molecule has 0 heterocycles. The van der Waals surface area contributed by atoms with Gasteiger partial charge in [0.2, 0.25) is 0 Å². The van der Waals surface area contributed by atoms with Crippen molar-refractivity contribution in [2.45, 2.75) is 26.7 Å². The summed E-state index contributed by atoms with van der Waals surface area (Å²) in [4.78, 5) is 20.8. The maximum absolute atomic E-state index is 10.4. The van der Waals surface area contributed by atoms with E-state index in [0.29, 0.717) is 12.8 Å². The molecule has 86 valence electrons. The van der Waals surface area contributed by atoms with Gasteiger partial charge in [-0.3, -0.25) is 0 Å². The van der Waals surface area contributed by atoms with Gasteiger partial charge in [0.15, 0.2) is 0 Å². The molecular weight excluding hydrogens is 208 g/mol. The van der Waals surface area contributed by atoms with Crippen molar-refractivity contribution in [2.24, 2.45) is 0 Å². The summed E-state index contributed by atoms with van der Waals surface area (Å²) in [5.74, 6) is 3.57. The first-order valence-corrected chi connectivity index (χ1v) is 4.71. The van der Waals surface area contributed by atoms with Crippen molar-refractivity contribution in [3.63, 3.8) is 0 Å². The van der Waals surface area contributed by atoms with Crippen molar-refractivity contribution in [2.75, 3.05) is 0 Å². The SMILES string of the molecule is CC(=CCC#CCC=C(C)C(=O)O)C(=O)O. The van der Waals surface area contributed by atoms with Crippen LogP contribution in [-0.4, -0.2) is 22.2 Å². The Hall–Kier alpha value is -2.02. The van der Waals surface area contributed by atoms with Crippen LogP contribution in [0.2, 0.25) is 0 Å². The molecule has 0 aromatic heterocycles. The molecule has 0 rings (SSSR count). The molecule has 0 aromatic rings. The highest BCUT2D eigenvalue weighted by Gasteiger charge is 1.97. The fraction of sp³-hybridized carbons (Fsp3) is 0.333. The number of hydrogen-bond donors (Lipinski definition) is 2. The quantitative estimate of drug-likeness (QED) is 0.562. The van der Waals surface area contributed by atoms with Gasteiger partial charge >= 0.3 is 11.9 Å². The van der Waals surface area contributed by atoms with Gasteiger partial charge in [0.25, 0.3) is 0 Å². The molecule has 0 saturated heterocycles. The number of hydrogen-bond acceptors (Lipinski definition) is 2. The lowest BCUT2D eigenvalue weighted by atomic mass is 10.2. The van der Waals surface area contributed by atoms with E-state index in [2.05, 4.69) is 11.8 Å². The third kappa shape index (κ3) is 6.44. The Bertz CT molecular complexity index is 355. The van der Waals surface area contributed by atoms with E-state index in [1.54, 1.807) is 0 Å². The largest absolute Gasteiger partial charge is 0.478 e. The lowest BCUT2D eigenvalue weighted by Gasteiger charge is -1.89. The Labute approximate surface area is 94.3 Å². The van der Waals surface area contributed by atoms with Crippen LogP contribution >= 0.6 is 0 Å². The van der Waals surface area contributed by atoms with Crippen LogP contribution in [-0.2, 0) is 9.59 Å². The monoisotopic (exact) mass is 222 g/mol. The molecule has 0 saturated carbocycles. The Morgan fingerprint density at radius 2 is 1.25 bits per heavy atom. The average molecular weight is 222 g/mol. The van der Waals surface area contributed by atoms with Gasteiger partial charge in [-0.15, -0.1) is 0 Å². The zero-order valence-electron chi connectivity index (χ0n) is 9.28. The van der Waals surface area contributed by atoms with Crippen molar-refractivity contribution in [1.29, 1.82) is 0 Å². The third-order valence-corrected chi connectivity index (χ3v) is 1.82. The van der Waals surface area contributed by atoms with Gasteiger partial charge in [0.05, 0.1) is 0 Å². The van der Waals surface area contributed by atoms with Crippen LogP contribution in [0.25, 0.3) is 0 Å². The summed E-state index contributed by atoms with van der Waals surface area (Å²) in [6.45, 7) is 3.00. The molecule has 16 heavy (non-hydrogen) atoms. The molecule has 0 spiro atoms. The summed E-state index contributed by atoms with van der Waals surface area (Å²) >= 11 is 0. The lowest BCUT2D eigenvalue weighted by molar-refractivity contribution is -0.133. The summed E-state index contributed by atoms with van der Waals surface area (Å²) in [6, 6.07) is 0. The number of aliphatic carboxylic acids is 2. The second-order valence-electron chi connectivity index (χ2n) is 3.15. The summed E-state index contributed by atoms with van der Waals surface area (Å²) in [7, 11) is 0. The number of carbonyl (C=O) groups is 2. The molecule has 0 bridgehead atoms. The minimum atomic E-state index is -0.955. The zero-order chi connectivity index (χ0) is 12.6. The Morgan fingerprint density at radius 1 is 0.938 bits per heavy atom. The highest BCUT2D eigenvalue weighted by molar-refractivity contribution is 5.86. The molecule has 0 unspecified atom stereocenters. The summed E-state index contributed by atoms with van der Waals surface area (Å²) < 4.78 is 0. The van der Waals surface area contributed by atoms with E-state index < -0.39 is 11.9 Å². The van der Waals surface area contributed by atoms with Crippen LogP contribution in [0, 0.1) is 11.8 Å². The number of allylic oxidation sites excluding steroid dienone is 2. The first-order valence-electron chi connectivity index (χ1n) is 4.71. The first kappa shape index (κ1) is 14.0. The summed E-state index contributed by atoms with van der Waals surface area (Å²) in [5.41, 5.74) is 0.512. The Balaban J connectivity index is 4.07. The zero-order valence-corrected chi connectivity index (χ0v) is 9.28. The maximum atomic E-state index is 10.4. The van der Waals surface area contributed by atoms with Crippen molar-refractivity contribution in [1.82, 2.24) is 0 Å². The third-order valence-electron chi connectivity index (χ3n) is 1.82. The number of rotatable bonds is 4. The van der Waals surface area contributed by atoms with E-state index in [9.17, 15) is 9.59 Å². The van der Waals surface area contributed by atoms with Crippen molar-refractivity contribution >= 4 is 11.9 Å². The second-order valence-corrected chi connectivity index (χ2v) is 3.15. The highest BCUT2D eigenvalue weighted by Crippen LogP contribution is 1.96. The molecule has 0 aromatic carbocycles. The normalized spacial score (nSPS) is 11.6. The van der Waals surface area contributed by atoms with Gasteiger partial charge in [0, 0.05) is 24.0 Å². The molecule has 0 radical (unpaired) electrons. The second kappa shape index (κ2) is 7.30. The molecule has 0 aliphatic rings. The van der Waals surface area contributed by atoms with Crippen LogP contribution in [0.15, 0.2) is 23.3 Å². The number of carboxylic acids is 2. The van der Waals surface area contributed by atoms with E-state index in [-0.39, 0.29) is 11.1 Å². The molecule has 4 heteroatoms. The molecular formula is C12H14O4. The van der Waals surface area contributed by atoms with Crippen molar-refractivity contribution in [3.8, 4) is 11.8 Å². The number of carboxylic acid groups (broad SMARTS) is 2. The first-order chi connectivity index (χ1) is 7.45. The van der Waals surface area contributed by atoms with Crippen LogP contribution in [0.4, 0.5) is 0 Å². The van der Waals surface area contributed by atoms with Crippen molar-refractivity contribution < 1.29 is 19.8 Å². The van der Waals surface area contributed by atoms with E-state index >= 15 is 0 Å². The minimum Gasteiger partial charge on any atom is -0.478 e. The maximum Gasteiger partial charge on any atom is 0.330 e. The molecule has 0 aliphatic heterocycles. The predicted molar refractivity (Wildman–Crippen MR) is 59.8 cm³/mol. The van der Waals surface area contributed by atoms with Crippen LogP contribution in [0.3, 0.4) is 0 Å². The molecule has 0 amide bonds. The molecule has 0 fully saturated rings. The van der Waals surface area contributed by atoms with E-state index in [1.807, 2.05) is 0 Å². The molecule has 0 atom stereocenters. The topological polar surface area (TPSA) is 74.6 Å². The summed E-state index contributed by atoms with van der Waals surface area (Å²) in [6.07, 6.45) is 3.75. The Kier molecular flexibility index (Phi) is 6.37. The van der Waals surface area contributed by atoms with Gasteiger partial charge in [0.1, 0.15) is 0 Å². The Morgan fingerprint density at radius 3 is 1.50 bits per heavy atom. The fourth-order valence-corrected chi connectivity index (χ4v) is 0.727. The standard InChI is InChI=1S/C12H14O4/c1-9(11(13)14)7-5-3-4-6-8-10(2)12(15)16/h7-8H,5-6H2,1-2H3,(H,13,14)(H,15,16). The van der Waals surface area contributed by atoms with Gasteiger partial charge in [-0.2, -0.15) is 0 Å². The predicted octanol–water partition coefficient (Wildman–Crippen LogP) is 1.83. The summed E-state index contributed by atoms with van der Waals surface area (Å²) in [5, 5.41) is 17.1. The fourth-order valence-electron chi connectivity index (χ4n) is 0.727. The van der Waals surface area contributed by atoms with Crippen LogP contribution in [0.1, 0.15) is 26.7 Å². The molecule has 0 aliphatic carbocycles. The van der Waals surface area contributed by atoms with Crippen LogP contribution < -0.4 is 0 Å². The van der Waals surface area contributed by atoms with E-state index in [0.717, 1.165) is 0 Å². The lowest BCUT2D eigenvalue weighted by Crippen LogP contribution is -1.95. The van der Waals surface area contributed by atoms with Gasteiger partial charge in [-0.25, -0.2) is 9.59 Å². The van der Waals surface area contributed by atoms with Crippen molar-refractivity contribution in [3.05, 3.63) is 23.3 Å². The average Bonchev–Trinajstić information content (AvgIpc) is 2.21. The molecule has 4 nitrogen and oxygen atoms in total.